The van der Waals surface area contributed by atoms with Gasteiger partial charge in [-0.1, -0.05) is 19.3 Å². The molecule has 0 radical (unpaired) electrons. The number of carbonyl (C=O) groups excluding carboxylic acids is 3. The predicted molar refractivity (Wildman–Crippen MR) is 107 cm³/mol. The summed E-state index contributed by atoms with van der Waals surface area (Å²) >= 11 is 0. The van der Waals surface area contributed by atoms with E-state index in [1.165, 1.54) is 13.4 Å². The maximum absolute atomic E-state index is 13.5. The molecule has 29 heavy (non-hydrogen) atoms. The van der Waals surface area contributed by atoms with Gasteiger partial charge in [0.1, 0.15) is 5.69 Å². The monoisotopic (exact) mass is 400 g/mol. The summed E-state index contributed by atoms with van der Waals surface area (Å²) in [5.74, 6) is -0.764. The van der Waals surface area contributed by atoms with E-state index in [9.17, 15) is 14.4 Å². The minimum atomic E-state index is -0.686. The van der Waals surface area contributed by atoms with Crippen molar-refractivity contribution >= 4 is 17.7 Å². The number of carbonyl (C=O) groups is 3. The number of aromatic nitrogens is 1. The van der Waals surface area contributed by atoms with Gasteiger partial charge < -0.3 is 19.0 Å². The lowest BCUT2D eigenvalue weighted by Crippen LogP contribution is -2.50. The van der Waals surface area contributed by atoms with E-state index in [-0.39, 0.29) is 29.2 Å². The zero-order valence-electron chi connectivity index (χ0n) is 17.4. The van der Waals surface area contributed by atoms with Crippen LogP contribution < -0.4 is 0 Å². The second-order valence-electron chi connectivity index (χ2n) is 7.64. The minimum Gasteiger partial charge on any atom is -0.464 e. The maximum atomic E-state index is 13.5. The van der Waals surface area contributed by atoms with Crippen molar-refractivity contribution in [3.8, 4) is 0 Å². The number of rotatable bonds is 6. The van der Waals surface area contributed by atoms with Crippen LogP contribution in [-0.2, 0) is 4.74 Å². The lowest BCUT2D eigenvalue weighted by atomic mass is 9.91. The zero-order chi connectivity index (χ0) is 21.1. The number of ether oxygens (including phenoxy) is 1. The molecule has 0 bridgehead atoms. The smallest absolute Gasteiger partial charge is 0.354 e. The van der Waals surface area contributed by atoms with Gasteiger partial charge in [0.25, 0.3) is 5.91 Å². The van der Waals surface area contributed by atoms with E-state index in [1.54, 1.807) is 37.8 Å². The molecule has 2 aromatic heterocycles. The lowest BCUT2D eigenvalue weighted by Gasteiger charge is -2.37. The number of ketones is 1. The number of H-pyrrole nitrogens is 1. The molecule has 0 aliphatic heterocycles. The Bertz CT molecular complexity index is 891. The first-order valence-electron chi connectivity index (χ1n) is 10.0. The molecular formula is C22H28N2O5. The first-order valence-corrected chi connectivity index (χ1v) is 10.0. The first-order chi connectivity index (χ1) is 13.9. The van der Waals surface area contributed by atoms with Crippen LogP contribution in [0.15, 0.2) is 22.8 Å². The molecule has 7 heteroatoms. The molecule has 1 atom stereocenters. The number of esters is 1. The number of aromatic amines is 1. The van der Waals surface area contributed by atoms with E-state index in [0.717, 1.165) is 32.1 Å². The standard InChI is InChI=1S/C22H28N2O5/c1-13-18(14(2)23-19(13)22(27)28-4)20(25)15(3)24(16-9-6-5-7-10-16)21(26)17-11-8-12-29-17/h8,11-12,15-16,23H,5-7,9-10H2,1-4H3/t15-/m1/s1. The Hall–Kier alpha value is -2.83. The minimum absolute atomic E-state index is 0.0140. The van der Waals surface area contributed by atoms with Crippen molar-refractivity contribution in [3.63, 3.8) is 0 Å². The Morgan fingerprint density at radius 3 is 2.48 bits per heavy atom. The van der Waals surface area contributed by atoms with E-state index >= 15 is 0 Å². The number of Topliss-reactive ketones (excluding diaryl/α,β-unsaturated/α-hetero) is 1. The molecule has 1 aliphatic rings. The second kappa shape index (κ2) is 8.68. The summed E-state index contributed by atoms with van der Waals surface area (Å²) in [6, 6.07) is 2.59. The molecule has 1 N–H and O–H groups in total. The second-order valence-corrected chi connectivity index (χ2v) is 7.64. The van der Waals surface area contributed by atoms with Gasteiger partial charge in [-0.25, -0.2) is 4.79 Å². The third-order valence-electron chi connectivity index (χ3n) is 5.80. The summed E-state index contributed by atoms with van der Waals surface area (Å²) in [5, 5.41) is 0. The molecule has 1 amide bonds. The highest BCUT2D eigenvalue weighted by Gasteiger charge is 2.36. The molecule has 1 aliphatic carbocycles. The van der Waals surface area contributed by atoms with Crippen LogP contribution in [0.4, 0.5) is 0 Å². The van der Waals surface area contributed by atoms with Gasteiger partial charge in [0.15, 0.2) is 11.5 Å². The summed E-state index contributed by atoms with van der Waals surface area (Å²) in [6.07, 6.45) is 6.39. The van der Waals surface area contributed by atoms with Crippen molar-refractivity contribution in [3.05, 3.63) is 46.7 Å². The van der Waals surface area contributed by atoms with Crippen LogP contribution in [-0.4, -0.2) is 46.7 Å². The van der Waals surface area contributed by atoms with Crippen LogP contribution in [0, 0.1) is 13.8 Å². The summed E-state index contributed by atoms with van der Waals surface area (Å²) in [5.41, 5.74) is 1.84. The van der Waals surface area contributed by atoms with Gasteiger partial charge in [-0.05, 0) is 51.3 Å². The number of nitrogens with zero attached hydrogens (tertiary/aromatic N) is 1. The van der Waals surface area contributed by atoms with Gasteiger partial charge in [0, 0.05) is 17.3 Å². The maximum Gasteiger partial charge on any atom is 0.354 e. The molecule has 0 saturated heterocycles. The highest BCUT2D eigenvalue weighted by atomic mass is 16.5. The van der Waals surface area contributed by atoms with E-state index < -0.39 is 12.0 Å². The Morgan fingerprint density at radius 2 is 1.90 bits per heavy atom. The molecule has 2 aromatic rings. The van der Waals surface area contributed by atoms with E-state index in [4.69, 9.17) is 9.15 Å². The van der Waals surface area contributed by atoms with Crippen LogP contribution in [0.5, 0.6) is 0 Å². The molecule has 0 aromatic carbocycles. The van der Waals surface area contributed by atoms with Gasteiger partial charge in [0.05, 0.1) is 19.4 Å². The Labute approximate surface area is 170 Å². The van der Waals surface area contributed by atoms with E-state index in [1.807, 2.05) is 0 Å². The Balaban J connectivity index is 1.96. The third-order valence-corrected chi connectivity index (χ3v) is 5.80. The average molecular weight is 400 g/mol. The lowest BCUT2D eigenvalue weighted by molar-refractivity contribution is 0.0461. The van der Waals surface area contributed by atoms with Crippen LogP contribution in [0.25, 0.3) is 0 Å². The summed E-state index contributed by atoms with van der Waals surface area (Å²) in [6.45, 7) is 5.22. The van der Waals surface area contributed by atoms with Gasteiger partial charge in [-0.15, -0.1) is 0 Å². The van der Waals surface area contributed by atoms with Crippen LogP contribution in [0.2, 0.25) is 0 Å². The molecule has 7 nitrogen and oxygen atoms in total. The van der Waals surface area contributed by atoms with Crippen molar-refractivity contribution in [1.82, 2.24) is 9.88 Å². The first kappa shape index (κ1) is 20.9. The molecule has 2 heterocycles. The summed E-state index contributed by atoms with van der Waals surface area (Å²) in [7, 11) is 1.30. The van der Waals surface area contributed by atoms with Crippen LogP contribution in [0.1, 0.15) is 81.7 Å². The topological polar surface area (TPSA) is 92.6 Å². The molecular weight excluding hydrogens is 372 g/mol. The summed E-state index contributed by atoms with van der Waals surface area (Å²) < 4.78 is 10.1. The largest absolute Gasteiger partial charge is 0.464 e. The highest BCUT2D eigenvalue weighted by molar-refractivity contribution is 6.07. The fourth-order valence-electron chi connectivity index (χ4n) is 4.31. The predicted octanol–water partition coefficient (Wildman–Crippen LogP) is 4.06. The molecule has 156 valence electrons. The van der Waals surface area contributed by atoms with Crippen molar-refractivity contribution in [2.75, 3.05) is 7.11 Å². The molecule has 3 rings (SSSR count). The molecule has 0 unspecified atom stereocenters. The van der Waals surface area contributed by atoms with Crippen LogP contribution >= 0.6 is 0 Å². The number of amides is 1. The Morgan fingerprint density at radius 1 is 1.21 bits per heavy atom. The SMILES string of the molecule is COC(=O)c1[nH]c(C)c(C(=O)[C@@H](C)N(C(=O)c2ccco2)C2CCCCC2)c1C. The quantitative estimate of drug-likeness (QED) is 0.583. The summed E-state index contributed by atoms with van der Waals surface area (Å²) in [4.78, 5) is 43.3. The normalized spacial score (nSPS) is 15.7. The fourth-order valence-corrected chi connectivity index (χ4v) is 4.31. The van der Waals surface area contributed by atoms with Crippen molar-refractivity contribution < 1.29 is 23.5 Å². The third kappa shape index (κ3) is 3.99. The van der Waals surface area contributed by atoms with Crippen molar-refractivity contribution in [2.24, 2.45) is 0 Å². The number of furan rings is 1. The van der Waals surface area contributed by atoms with Crippen LogP contribution in [0.3, 0.4) is 0 Å². The van der Waals surface area contributed by atoms with Gasteiger partial charge in [-0.3, -0.25) is 9.59 Å². The van der Waals surface area contributed by atoms with Crippen molar-refractivity contribution in [1.29, 1.82) is 0 Å². The van der Waals surface area contributed by atoms with Gasteiger partial charge >= 0.3 is 5.97 Å². The average Bonchev–Trinajstić information content (AvgIpc) is 3.36. The van der Waals surface area contributed by atoms with Gasteiger partial charge in [0.2, 0.25) is 0 Å². The number of hydrogen-bond acceptors (Lipinski definition) is 5. The molecule has 1 fully saturated rings. The van der Waals surface area contributed by atoms with E-state index in [0.29, 0.717) is 16.8 Å². The number of nitrogens with one attached hydrogen (secondary N) is 1. The fraction of sp³-hybridized carbons (Fsp3) is 0.500. The molecule has 0 spiro atoms. The Kier molecular flexibility index (Phi) is 6.25. The van der Waals surface area contributed by atoms with Gasteiger partial charge in [-0.2, -0.15) is 0 Å². The molecule has 1 saturated carbocycles. The number of aryl methyl sites for hydroxylation is 1. The number of methoxy groups -OCH3 is 1. The van der Waals surface area contributed by atoms with Crippen molar-refractivity contribution in [2.45, 2.75) is 65.0 Å². The number of hydrogen-bond donors (Lipinski definition) is 1. The zero-order valence-corrected chi connectivity index (χ0v) is 17.4. The highest BCUT2D eigenvalue weighted by Crippen LogP contribution is 2.29. The van der Waals surface area contributed by atoms with E-state index in [2.05, 4.69) is 4.98 Å².